The molecule has 3 aromatic rings. The fraction of sp³-hybridized carbons (Fsp3) is 0.312. The molecule has 2 amide bonds. The van der Waals surface area contributed by atoms with Crippen LogP contribution in [0.25, 0.3) is 11.1 Å². The quantitative estimate of drug-likeness (QED) is 0.262. The number of fused-ring (bicyclic) bond motifs is 1. The fourth-order valence-corrected chi connectivity index (χ4v) is 6.21. The molecule has 1 N–H and O–H groups in total. The summed E-state index contributed by atoms with van der Waals surface area (Å²) in [6.45, 7) is 3.50. The summed E-state index contributed by atoms with van der Waals surface area (Å²) < 4.78 is 11.0. The Morgan fingerprint density at radius 1 is 0.950 bits per heavy atom. The number of hydrogen-bond acceptors (Lipinski definition) is 7. The molecule has 4 atom stereocenters. The molecule has 40 heavy (non-hydrogen) atoms. The molecule has 3 unspecified atom stereocenters. The number of likely N-dealkylation sites (tertiary alicyclic amines) is 1. The first-order valence-corrected chi connectivity index (χ1v) is 13.3. The minimum Gasteiger partial charge on any atom is -0.496 e. The Labute approximate surface area is 233 Å². The van der Waals surface area contributed by atoms with Crippen molar-refractivity contribution >= 4 is 23.6 Å². The fourth-order valence-electron chi connectivity index (χ4n) is 6.21. The van der Waals surface area contributed by atoms with Gasteiger partial charge in [0.25, 0.3) is 0 Å². The lowest BCUT2D eigenvalue weighted by Crippen LogP contribution is -2.57. The molecule has 206 valence electrons. The van der Waals surface area contributed by atoms with Crippen molar-refractivity contribution in [2.45, 2.75) is 31.8 Å². The highest BCUT2D eigenvalue weighted by Crippen LogP contribution is 2.51. The van der Waals surface area contributed by atoms with Crippen molar-refractivity contribution in [3.05, 3.63) is 89.5 Å². The Balaban J connectivity index is 1.60. The second-order valence-electron chi connectivity index (χ2n) is 10.3. The topological polar surface area (TPSA) is 102 Å². The summed E-state index contributed by atoms with van der Waals surface area (Å²) >= 11 is 0. The van der Waals surface area contributed by atoms with Crippen molar-refractivity contribution in [1.82, 2.24) is 10.2 Å². The molecule has 0 saturated carbocycles. The maximum atomic E-state index is 13.7. The maximum Gasteiger partial charge on any atom is 0.327 e. The predicted octanol–water partition coefficient (Wildman–Crippen LogP) is 3.98. The molecule has 3 aromatic carbocycles. The van der Waals surface area contributed by atoms with Gasteiger partial charge in [0.15, 0.2) is 5.78 Å². The number of rotatable bonds is 8. The summed E-state index contributed by atoms with van der Waals surface area (Å²) in [6.07, 6.45) is 0.187. The third-order valence-electron chi connectivity index (χ3n) is 8.12. The SMILES string of the molecule is CCN1C(=O)C2C(c3ccc(-c4ccc(C(C)=O)cc4)c(OC)c3)N[C@@](Cc3ccccc3)(C(=O)OC)C2C1=O. The Hall–Kier alpha value is -4.30. The van der Waals surface area contributed by atoms with Gasteiger partial charge in [-0.3, -0.25) is 29.4 Å². The zero-order chi connectivity index (χ0) is 28.6. The van der Waals surface area contributed by atoms with Crippen LogP contribution in [-0.4, -0.2) is 54.8 Å². The van der Waals surface area contributed by atoms with Gasteiger partial charge in [0.05, 0.1) is 26.1 Å². The summed E-state index contributed by atoms with van der Waals surface area (Å²) in [5.74, 6) is -2.43. The van der Waals surface area contributed by atoms with Gasteiger partial charge < -0.3 is 9.47 Å². The second-order valence-corrected chi connectivity index (χ2v) is 10.3. The third kappa shape index (κ3) is 4.38. The van der Waals surface area contributed by atoms with Crippen molar-refractivity contribution in [3.63, 3.8) is 0 Å². The van der Waals surface area contributed by atoms with Crippen LogP contribution < -0.4 is 10.1 Å². The number of ether oxygens (including phenoxy) is 2. The molecule has 0 bridgehead atoms. The number of nitrogens with zero attached hydrogens (tertiary/aromatic N) is 1. The van der Waals surface area contributed by atoms with Crippen LogP contribution in [-0.2, 0) is 25.5 Å². The molecule has 0 aromatic heterocycles. The number of amides is 2. The van der Waals surface area contributed by atoms with E-state index < -0.39 is 29.4 Å². The van der Waals surface area contributed by atoms with E-state index >= 15 is 0 Å². The van der Waals surface area contributed by atoms with Crippen LogP contribution in [0.2, 0.25) is 0 Å². The normalized spacial score (nSPS) is 23.7. The van der Waals surface area contributed by atoms with Crippen LogP contribution in [0.1, 0.15) is 41.4 Å². The van der Waals surface area contributed by atoms with Gasteiger partial charge >= 0.3 is 5.97 Å². The minimum absolute atomic E-state index is 0.0165. The van der Waals surface area contributed by atoms with Gasteiger partial charge in [-0.25, -0.2) is 0 Å². The second kappa shape index (κ2) is 10.7. The molecular weight excluding hydrogens is 508 g/mol. The molecule has 8 nitrogen and oxygen atoms in total. The Bertz CT molecular complexity index is 1470. The van der Waals surface area contributed by atoms with Gasteiger partial charge in [-0.05, 0) is 36.6 Å². The number of carbonyl (C=O) groups is 4. The van der Waals surface area contributed by atoms with Crippen molar-refractivity contribution in [2.24, 2.45) is 11.8 Å². The number of Topliss-reactive ketones (excluding diaryl/α,β-unsaturated/α-hetero) is 1. The lowest BCUT2D eigenvalue weighted by molar-refractivity contribution is -0.154. The van der Waals surface area contributed by atoms with Gasteiger partial charge in [0.2, 0.25) is 11.8 Å². The first-order chi connectivity index (χ1) is 19.2. The van der Waals surface area contributed by atoms with Crippen LogP contribution in [0.4, 0.5) is 0 Å². The number of imide groups is 1. The van der Waals surface area contributed by atoms with E-state index in [0.717, 1.165) is 16.7 Å². The van der Waals surface area contributed by atoms with E-state index in [1.807, 2.05) is 60.7 Å². The molecule has 2 aliphatic rings. The molecule has 2 saturated heterocycles. The lowest BCUT2D eigenvalue weighted by atomic mass is 9.76. The Morgan fingerprint density at radius 3 is 2.25 bits per heavy atom. The Morgan fingerprint density at radius 2 is 1.65 bits per heavy atom. The number of ketones is 1. The van der Waals surface area contributed by atoms with Gasteiger partial charge in [0, 0.05) is 30.1 Å². The largest absolute Gasteiger partial charge is 0.496 e. The molecule has 8 heteroatoms. The number of carbonyl (C=O) groups excluding carboxylic acids is 4. The smallest absolute Gasteiger partial charge is 0.327 e. The van der Waals surface area contributed by atoms with E-state index in [1.165, 1.54) is 18.9 Å². The van der Waals surface area contributed by atoms with Crippen molar-refractivity contribution in [3.8, 4) is 16.9 Å². The van der Waals surface area contributed by atoms with Gasteiger partial charge in [-0.1, -0.05) is 66.7 Å². The standard InChI is InChI=1S/C32H32N2O6/c1-5-34-29(36)26-27(30(34)37)32(31(38)40-4,18-20-9-7-6-8-10-20)33-28(26)23-15-16-24(25(17-23)39-3)22-13-11-21(12-14-22)19(2)35/h6-17,26-28,33H,5,18H2,1-4H3/t26?,27?,28?,32-/m1/s1. The highest BCUT2D eigenvalue weighted by atomic mass is 16.5. The van der Waals surface area contributed by atoms with Crippen molar-refractivity contribution in [2.75, 3.05) is 20.8 Å². The molecule has 2 fully saturated rings. The van der Waals surface area contributed by atoms with Crippen molar-refractivity contribution in [1.29, 1.82) is 0 Å². The number of benzene rings is 3. The third-order valence-corrected chi connectivity index (χ3v) is 8.12. The zero-order valence-electron chi connectivity index (χ0n) is 23.0. The van der Waals surface area contributed by atoms with Crippen LogP contribution in [0.15, 0.2) is 72.8 Å². The summed E-state index contributed by atoms with van der Waals surface area (Å²) in [6, 6.07) is 21.6. The van der Waals surface area contributed by atoms with Gasteiger partial charge in [-0.15, -0.1) is 0 Å². The van der Waals surface area contributed by atoms with E-state index in [0.29, 0.717) is 16.9 Å². The van der Waals surface area contributed by atoms with Crippen LogP contribution in [0, 0.1) is 11.8 Å². The molecule has 5 rings (SSSR count). The van der Waals surface area contributed by atoms with Crippen molar-refractivity contribution < 1.29 is 28.7 Å². The van der Waals surface area contributed by atoms with Crippen LogP contribution in [0.5, 0.6) is 5.75 Å². The first-order valence-electron chi connectivity index (χ1n) is 13.3. The number of methoxy groups -OCH3 is 2. The van der Waals surface area contributed by atoms with Gasteiger partial charge in [-0.2, -0.15) is 0 Å². The predicted molar refractivity (Wildman–Crippen MR) is 149 cm³/mol. The van der Waals surface area contributed by atoms with E-state index in [-0.39, 0.29) is 30.6 Å². The highest BCUT2D eigenvalue weighted by molar-refractivity contribution is 6.09. The molecule has 2 aliphatic heterocycles. The first kappa shape index (κ1) is 27.3. The maximum absolute atomic E-state index is 13.7. The van der Waals surface area contributed by atoms with E-state index in [2.05, 4.69) is 5.32 Å². The number of esters is 1. The van der Waals surface area contributed by atoms with Crippen LogP contribution in [0.3, 0.4) is 0 Å². The molecular formula is C32H32N2O6. The summed E-state index contributed by atoms with van der Waals surface area (Å²) in [5, 5.41) is 3.42. The lowest BCUT2D eigenvalue weighted by Gasteiger charge is -2.32. The highest BCUT2D eigenvalue weighted by Gasteiger charge is 2.68. The number of nitrogens with one attached hydrogen (secondary N) is 1. The summed E-state index contributed by atoms with van der Waals surface area (Å²) in [4.78, 5) is 53.8. The van der Waals surface area contributed by atoms with E-state index in [9.17, 15) is 19.2 Å². The van der Waals surface area contributed by atoms with E-state index in [4.69, 9.17) is 9.47 Å². The minimum atomic E-state index is -1.43. The molecule has 0 spiro atoms. The van der Waals surface area contributed by atoms with E-state index in [1.54, 1.807) is 26.2 Å². The average Bonchev–Trinajstić information content (AvgIpc) is 3.45. The number of hydrogen-bond donors (Lipinski definition) is 1. The monoisotopic (exact) mass is 540 g/mol. The average molecular weight is 541 g/mol. The molecule has 0 radical (unpaired) electrons. The summed E-state index contributed by atoms with van der Waals surface area (Å²) in [5.41, 5.74) is 2.41. The molecule has 0 aliphatic carbocycles. The van der Waals surface area contributed by atoms with Gasteiger partial charge in [0.1, 0.15) is 11.3 Å². The summed E-state index contributed by atoms with van der Waals surface area (Å²) in [7, 11) is 2.86. The molecule has 2 heterocycles. The zero-order valence-corrected chi connectivity index (χ0v) is 23.0. The Kier molecular flexibility index (Phi) is 7.29. The van der Waals surface area contributed by atoms with Crippen LogP contribution >= 0.6 is 0 Å².